The van der Waals surface area contributed by atoms with Crippen molar-refractivity contribution in [1.82, 2.24) is 5.32 Å². The lowest BCUT2D eigenvalue weighted by Crippen LogP contribution is -2.30. The van der Waals surface area contributed by atoms with Gasteiger partial charge in [0.25, 0.3) is 0 Å². The molecule has 3 heteroatoms. The topological polar surface area (TPSA) is 38.3 Å². The fourth-order valence-electron chi connectivity index (χ4n) is 2.78. The largest absolute Gasteiger partial charge is 0.493 e. The molecule has 0 saturated carbocycles. The van der Waals surface area contributed by atoms with Crippen molar-refractivity contribution in [2.24, 2.45) is 5.41 Å². The molecule has 1 N–H and O–H groups in total. The lowest BCUT2D eigenvalue weighted by atomic mass is 9.78. The average Bonchev–Trinajstić information content (AvgIpc) is 2.33. The van der Waals surface area contributed by atoms with E-state index in [4.69, 9.17) is 4.74 Å². The first-order chi connectivity index (χ1) is 9.96. The smallest absolute Gasteiger partial charge is 0.220 e. The van der Waals surface area contributed by atoms with Gasteiger partial charge in [-0.2, -0.15) is 0 Å². The Hall–Kier alpha value is -1.51. The SMILES string of the molecule is CNC(=O)CC(C)(C)c1c(C)cc(C)cc1OCC(C)(C)C. The Bertz CT molecular complexity index is 539. The van der Waals surface area contributed by atoms with Crippen LogP contribution in [0.2, 0.25) is 0 Å². The van der Waals surface area contributed by atoms with Crippen LogP contribution in [0.15, 0.2) is 12.1 Å². The Kier molecular flexibility index (Phi) is 5.66. The quantitative estimate of drug-likeness (QED) is 0.888. The summed E-state index contributed by atoms with van der Waals surface area (Å²) in [6.45, 7) is 15.5. The molecule has 0 aromatic heterocycles. The van der Waals surface area contributed by atoms with Gasteiger partial charge in [-0.1, -0.05) is 40.7 Å². The molecule has 1 aromatic rings. The predicted molar refractivity (Wildman–Crippen MR) is 92.6 cm³/mol. The molecule has 0 heterocycles. The van der Waals surface area contributed by atoms with E-state index in [-0.39, 0.29) is 16.7 Å². The molecule has 124 valence electrons. The van der Waals surface area contributed by atoms with Crippen LogP contribution in [0.4, 0.5) is 0 Å². The molecule has 0 atom stereocenters. The lowest BCUT2D eigenvalue weighted by Gasteiger charge is -2.30. The Balaban J connectivity index is 3.24. The number of rotatable bonds is 5. The van der Waals surface area contributed by atoms with Crippen molar-refractivity contribution in [1.29, 1.82) is 0 Å². The highest BCUT2D eigenvalue weighted by Gasteiger charge is 2.29. The van der Waals surface area contributed by atoms with Crippen LogP contribution < -0.4 is 10.1 Å². The molecule has 1 rings (SSSR count). The fourth-order valence-corrected chi connectivity index (χ4v) is 2.78. The molecule has 0 aliphatic rings. The van der Waals surface area contributed by atoms with E-state index in [2.05, 4.69) is 65.9 Å². The molecular formula is C19H31NO2. The molecule has 0 bridgehead atoms. The van der Waals surface area contributed by atoms with E-state index >= 15 is 0 Å². The van der Waals surface area contributed by atoms with E-state index in [1.165, 1.54) is 11.1 Å². The first kappa shape index (κ1) is 18.5. The van der Waals surface area contributed by atoms with Crippen LogP contribution in [0.3, 0.4) is 0 Å². The Labute approximate surface area is 135 Å². The average molecular weight is 305 g/mol. The van der Waals surface area contributed by atoms with Gasteiger partial charge in [0.15, 0.2) is 0 Å². The second-order valence-corrected chi connectivity index (χ2v) is 8.04. The number of nitrogens with one attached hydrogen (secondary N) is 1. The van der Waals surface area contributed by atoms with Gasteiger partial charge in [-0.15, -0.1) is 0 Å². The highest BCUT2D eigenvalue weighted by molar-refractivity contribution is 5.77. The minimum atomic E-state index is -0.273. The van der Waals surface area contributed by atoms with Crippen LogP contribution in [-0.4, -0.2) is 19.6 Å². The van der Waals surface area contributed by atoms with Crippen LogP contribution in [-0.2, 0) is 10.2 Å². The number of hydrogen-bond acceptors (Lipinski definition) is 2. The van der Waals surface area contributed by atoms with Crippen LogP contribution in [0.1, 0.15) is 57.7 Å². The molecule has 1 aromatic carbocycles. The number of benzene rings is 1. The van der Waals surface area contributed by atoms with Crippen LogP contribution >= 0.6 is 0 Å². The summed E-state index contributed by atoms with van der Waals surface area (Å²) in [6.07, 6.45) is 0.444. The van der Waals surface area contributed by atoms with Crippen molar-refractivity contribution in [3.8, 4) is 5.75 Å². The Morgan fingerprint density at radius 3 is 2.23 bits per heavy atom. The standard InChI is InChI=1S/C19H31NO2/c1-13-9-14(2)17(19(6,7)11-16(21)20-8)15(10-13)22-12-18(3,4)5/h9-10H,11-12H2,1-8H3,(H,20,21). The predicted octanol–water partition coefficient (Wildman–Crippen LogP) is 4.14. The number of aryl methyl sites for hydroxylation is 2. The summed E-state index contributed by atoms with van der Waals surface area (Å²) < 4.78 is 6.13. The van der Waals surface area contributed by atoms with Crippen molar-refractivity contribution in [3.05, 3.63) is 28.8 Å². The third-order valence-corrected chi connectivity index (χ3v) is 3.66. The van der Waals surface area contributed by atoms with Gasteiger partial charge in [-0.3, -0.25) is 4.79 Å². The van der Waals surface area contributed by atoms with E-state index in [9.17, 15) is 4.79 Å². The third kappa shape index (κ3) is 5.04. The van der Waals surface area contributed by atoms with Gasteiger partial charge in [0.2, 0.25) is 5.91 Å². The number of carbonyl (C=O) groups excluding carboxylic acids is 1. The van der Waals surface area contributed by atoms with Crippen LogP contribution in [0, 0.1) is 19.3 Å². The highest BCUT2D eigenvalue weighted by atomic mass is 16.5. The summed E-state index contributed by atoms with van der Waals surface area (Å²) in [7, 11) is 1.68. The van der Waals surface area contributed by atoms with Gasteiger partial charge in [-0.05, 0) is 36.5 Å². The molecule has 0 fully saturated rings. The summed E-state index contributed by atoms with van der Waals surface area (Å²) in [5.74, 6) is 0.952. The molecule has 0 aliphatic carbocycles. The zero-order valence-corrected chi connectivity index (χ0v) is 15.4. The van der Waals surface area contributed by atoms with Crippen LogP contribution in [0.25, 0.3) is 0 Å². The molecule has 0 unspecified atom stereocenters. The molecule has 1 amide bonds. The number of ether oxygens (including phenoxy) is 1. The summed E-state index contributed by atoms with van der Waals surface area (Å²) >= 11 is 0. The lowest BCUT2D eigenvalue weighted by molar-refractivity contribution is -0.121. The molecule has 0 spiro atoms. The minimum absolute atomic E-state index is 0.0479. The number of carbonyl (C=O) groups is 1. The first-order valence-electron chi connectivity index (χ1n) is 7.91. The van der Waals surface area contributed by atoms with Crippen molar-refractivity contribution in [2.45, 2.75) is 60.3 Å². The van der Waals surface area contributed by atoms with Gasteiger partial charge in [0.1, 0.15) is 5.75 Å². The summed E-state index contributed by atoms with van der Waals surface area (Å²) in [5.41, 5.74) is 3.31. The maximum absolute atomic E-state index is 11.9. The monoisotopic (exact) mass is 305 g/mol. The number of hydrogen-bond donors (Lipinski definition) is 1. The fraction of sp³-hybridized carbons (Fsp3) is 0.632. The minimum Gasteiger partial charge on any atom is -0.493 e. The molecule has 0 aliphatic heterocycles. The van der Waals surface area contributed by atoms with E-state index in [1.54, 1.807) is 7.05 Å². The van der Waals surface area contributed by atoms with Gasteiger partial charge in [-0.25, -0.2) is 0 Å². The summed E-state index contributed by atoms with van der Waals surface area (Å²) in [4.78, 5) is 11.9. The highest BCUT2D eigenvalue weighted by Crippen LogP contribution is 2.38. The summed E-state index contributed by atoms with van der Waals surface area (Å²) in [6, 6.07) is 4.24. The maximum Gasteiger partial charge on any atom is 0.220 e. The van der Waals surface area contributed by atoms with Gasteiger partial charge in [0, 0.05) is 24.4 Å². The van der Waals surface area contributed by atoms with Crippen molar-refractivity contribution in [2.75, 3.05) is 13.7 Å². The molecule has 22 heavy (non-hydrogen) atoms. The van der Waals surface area contributed by atoms with Crippen LogP contribution in [0.5, 0.6) is 5.75 Å². The van der Waals surface area contributed by atoms with E-state index in [0.29, 0.717) is 13.0 Å². The van der Waals surface area contributed by atoms with Crippen molar-refractivity contribution in [3.63, 3.8) is 0 Å². The first-order valence-corrected chi connectivity index (χ1v) is 7.91. The number of amides is 1. The second-order valence-electron chi connectivity index (χ2n) is 8.04. The molecular weight excluding hydrogens is 274 g/mol. The third-order valence-electron chi connectivity index (χ3n) is 3.66. The van der Waals surface area contributed by atoms with E-state index < -0.39 is 0 Å². The Morgan fingerprint density at radius 1 is 1.14 bits per heavy atom. The van der Waals surface area contributed by atoms with E-state index in [0.717, 1.165) is 11.3 Å². The van der Waals surface area contributed by atoms with Crippen molar-refractivity contribution < 1.29 is 9.53 Å². The van der Waals surface area contributed by atoms with Crippen molar-refractivity contribution >= 4 is 5.91 Å². The van der Waals surface area contributed by atoms with Gasteiger partial charge in [0.05, 0.1) is 6.61 Å². The molecule has 3 nitrogen and oxygen atoms in total. The molecule has 0 saturated heterocycles. The molecule has 0 radical (unpaired) electrons. The summed E-state index contributed by atoms with van der Waals surface area (Å²) in [5, 5.41) is 2.72. The maximum atomic E-state index is 11.9. The zero-order chi connectivity index (χ0) is 17.1. The Morgan fingerprint density at radius 2 is 1.73 bits per heavy atom. The zero-order valence-electron chi connectivity index (χ0n) is 15.4. The normalized spacial score (nSPS) is 12.2. The van der Waals surface area contributed by atoms with Gasteiger partial charge >= 0.3 is 0 Å². The van der Waals surface area contributed by atoms with Gasteiger partial charge < -0.3 is 10.1 Å². The second kappa shape index (κ2) is 6.72. The van der Waals surface area contributed by atoms with E-state index in [1.807, 2.05) is 0 Å².